The molecule has 6 rings (SSSR count). The normalized spacial score (nSPS) is 19.4. The summed E-state index contributed by atoms with van der Waals surface area (Å²) < 4.78 is 40.6. The number of benzene rings is 4. The first kappa shape index (κ1) is 33.5. The molecule has 0 fully saturated rings. The van der Waals surface area contributed by atoms with Crippen molar-refractivity contribution < 1.29 is 38.1 Å². The number of phenolic OH excluding ortho intramolecular Hbond substituents is 1. The molecule has 4 aromatic rings. The van der Waals surface area contributed by atoms with Crippen LogP contribution < -0.4 is 0 Å². The molecule has 244 valence electrons. The van der Waals surface area contributed by atoms with Crippen LogP contribution in [-0.2, 0) is 9.59 Å². The molecule has 0 bridgehead atoms. The number of carbonyl (C=O) groups is 2. The molecule has 2 aliphatic carbocycles. The second-order valence-corrected chi connectivity index (χ2v) is 11.5. The molecule has 0 aromatic heterocycles. The van der Waals surface area contributed by atoms with E-state index in [2.05, 4.69) is 23.7 Å². The summed E-state index contributed by atoms with van der Waals surface area (Å²) in [7, 11) is 0. The summed E-state index contributed by atoms with van der Waals surface area (Å²) in [5.74, 6) is 8.72. The smallest absolute Gasteiger partial charge is 0.186 e. The van der Waals surface area contributed by atoms with E-state index in [1.807, 2.05) is 0 Å². The minimum Gasteiger partial charge on any atom is -0.507 e. The largest absolute Gasteiger partial charge is 0.507 e. The molecule has 4 aromatic carbocycles. The number of rotatable bonds is 4. The molecular formula is C42H25F3O5. The molecule has 2 atom stereocenters. The van der Waals surface area contributed by atoms with Gasteiger partial charge in [0.25, 0.3) is 0 Å². The third kappa shape index (κ3) is 7.64. The molecule has 0 amide bonds. The number of halogens is 3. The fourth-order valence-corrected chi connectivity index (χ4v) is 5.24. The molecule has 8 heteroatoms. The molecular weight excluding hydrogens is 641 g/mol. The summed E-state index contributed by atoms with van der Waals surface area (Å²) in [6, 6.07) is 20.5. The second-order valence-electron chi connectivity index (χ2n) is 11.5. The van der Waals surface area contributed by atoms with Crippen LogP contribution >= 0.6 is 0 Å². The van der Waals surface area contributed by atoms with Crippen LogP contribution in [0.3, 0.4) is 0 Å². The predicted molar refractivity (Wildman–Crippen MR) is 184 cm³/mol. The average molecular weight is 667 g/mol. The lowest BCUT2D eigenvalue weighted by atomic mass is 9.88. The van der Waals surface area contributed by atoms with E-state index < -0.39 is 40.2 Å². The van der Waals surface area contributed by atoms with E-state index in [0.29, 0.717) is 27.8 Å². The van der Waals surface area contributed by atoms with Crippen LogP contribution in [0.4, 0.5) is 13.2 Å². The molecule has 0 saturated heterocycles. The van der Waals surface area contributed by atoms with Gasteiger partial charge < -0.3 is 15.3 Å². The maximum Gasteiger partial charge on any atom is 0.186 e. The highest BCUT2D eigenvalue weighted by Crippen LogP contribution is 2.32. The van der Waals surface area contributed by atoms with Crippen molar-refractivity contribution in [2.24, 2.45) is 0 Å². The lowest BCUT2D eigenvalue weighted by Crippen LogP contribution is -2.26. The number of ketones is 2. The maximum absolute atomic E-state index is 13.6. The third-order valence-corrected chi connectivity index (χ3v) is 7.83. The summed E-state index contributed by atoms with van der Waals surface area (Å²) in [6.45, 7) is 0. The van der Waals surface area contributed by atoms with E-state index in [1.54, 1.807) is 12.1 Å². The van der Waals surface area contributed by atoms with Gasteiger partial charge >= 0.3 is 0 Å². The standard InChI is InChI=1S/C42H25F3O5/c43-32-8-2-29(3-9-32)35-24-28(1-14-38(35)46)23-27(15-19-41(49)21-17-39(47)36(25-41)30-4-10-33(44)11-5-30)16-20-42(50)22-18-40(48)37(26-42)31-6-12-34(45)13-7-31/h1-14,17-18,21-26,46,49-50H. The fraction of sp³-hybridized carbons (Fsp3) is 0.0476. The van der Waals surface area contributed by atoms with Crippen LogP contribution in [0, 0.1) is 41.1 Å². The number of carbonyl (C=O) groups excluding carboxylic acids is 2. The third-order valence-electron chi connectivity index (χ3n) is 7.83. The van der Waals surface area contributed by atoms with Gasteiger partial charge in [-0.05, 0) is 113 Å². The minimum atomic E-state index is -1.95. The summed E-state index contributed by atoms with van der Waals surface area (Å²) in [4.78, 5) is 25.3. The summed E-state index contributed by atoms with van der Waals surface area (Å²) in [6.07, 6.45) is 8.74. The van der Waals surface area contributed by atoms with Gasteiger partial charge in [-0.3, -0.25) is 9.59 Å². The van der Waals surface area contributed by atoms with Gasteiger partial charge in [-0.1, -0.05) is 66.1 Å². The van der Waals surface area contributed by atoms with Crippen molar-refractivity contribution in [2.45, 2.75) is 11.2 Å². The summed E-state index contributed by atoms with van der Waals surface area (Å²) >= 11 is 0. The van der Waals surface area contributed by atoms with E-state index in [9.17, 15) is 38.1 Å². The molecule has 3 N–H and O–H groups in total. The molecule has 0 saturated carbocycles. The first-order valence-electron chi connectivity index (χ1n) is 15.2. The molecule has 0 heterocycles. The Kier molecular flexibility index (Phi) is 9.08. The zero-order chi connectivity index (χ0) is 35.5. The molecule has 2 unspecified atom stereocenters. The Bertz CT molecular complexity index is 2190. The maximum atomic E-state index is 13.6. The quantitative estimate of drug-likeness (QED) is 0.209. The Balaban J connectivity index is 1.43. The lowest BCUT2D eigenvalue weighted by Gasteiger charge is -2.20. The summed E-state index contributed by atoms with van der Waals surface area (Å²) in [5, 5.41) is 33.3. The topological polar surface area (TPSA) is 94.8 Å². The van der Waals surface area contributed by atoms with Crippen molar-refractivity contribution in [3.05, 3.63) is 167 Å². The zero-order valence-electron chi connectivity index (χ0n) is 26.0. The van der Waals surface area contributed by atoms with Crippen LogP contribution in [0.15, 0.2) is 133 Å². The molecule has 5 nitrogen and oxygen atoms in total. The first-order valence-corrected chi connectivity index (χ1v) is 15.2. The van der Waals surface area contributed by atoms with Gasteiger partial charge in [0.15, 0.2) is 22.8 Å². The van der Waals surface area contributed by atoms with Gasteiger partial charge in [-0.25, -0.2) is 13.2 Å². The van der Waals surface area contributed by atoms with Crippen LogP contribution in [0.1, 0.15) is 16.7 Å². The molecule has 50 heavy (non-hydrogen) atoms. The number of allylic oxidation sites excluding steroid dienone is 5. The van der Waals surface area contributed by atoms with Gasteiger partial charge in [0.05, 0.1) is 5.57 Å². The van der Waals surface area contributed by atoms with E-state index in [1.165, 1.54) is 109 Å². The van der Waals surface area contributed by atoms with Gasteiger partial charge in [0, 0.05) is 16.7 Å². The van der Waals surface area contributed by atoms with E-state index in [0.717, 1.165) is 12.2 Å². The number of aromatic hydroxyl groups is 1. The number of aliphatic hydroxyl groups is 2. The van der Waals surface area contributed by atoms with E-state index in [-0.39, 0.29) is 22.5 Å². The Morgan fingerprint density at radius 3 is 1.46 bits per heavy atom. The van der Waals surface area contributed by atoms with E-state index in [4.69, 9.17) is 0 Å². The Morgan fingerprint density at radius 2 is 1.02 bits per heavy atom. The van der Waals surface area contributed by atoms with Crippen molar-refractivity contribution >= 4 is 28.8 Å². The zero-order valence-corrected chi connectivity index (χ0v) is 26.0. The second kappa shape index (κ2) is 13.6. The van der Waals surface area contributed by atoms with Crippen molar-refractivity contribution in [3.63, 3.8) is 0 Å². The Morgan fingerprint density at radius 1 is 0.600 bits per heavy atom. The van der Waals surface area contributed by atoms with E-state index >= 15 is 0 Å². The lowest BCUT2D eigenvalue weighted by molar-refractivity contribution is -0.110. The molecule has 0 aliphatic heterocycles. The highest BCUT2D eigenvalue weighted by Gasteiger charge is 2.28. The highest BCUT2D eigenvalue weighted by molar-refractivity contribution is 6.28. The van der Waals surface area contributed by atoms with Crippen molar-refractivity contribution in [1.82, 2.24) is 0 Å². The predicted octanol–water partition coefficient (Wildman–Crippen LogP) is 6.77. The number of hydrogen-bond donors (Lipinski definition) is 3. The van der Waals surface area contributed by atoms with Crippen molar-refractivity contribution in [2.75, 3.05) is 0 Å². The minimum absolute atomic E-state index is 0.0676. The first-order chi connectivity index (χ1) is 23.9. The van der Waals surface area contributed by atoms with Crippen LogP contribution in [0.25, 0.3) is 28.3 Å². The SMILES string of the molecule is O=C1C=CC(O)(C#CC(C#CC2(O)C=CC(=O)C(c3ccc(F)cc3)=C2)=Cc2ccc(O)c(-c3ccc(F)cc3)c2)C=C1c1ccc(F)cc1. The van der Waals surface area contributed by atoms with Crippen LogP contribution in [0.5, 0.6) is 5.75 Å². The van der Waals surface area contributed by atoms with Gasteiger partial charge in [-0.15, -0.1) is 0 Å². The molecule has 2 aliphatic rings. The monoisotopic (exact) mass is 666 g/mol. The highest BCUT2D eigenvalue weighted by atomic mass is 19.1. The number of phenols is 1. The fourth-order valence-electron chi connectivity index (χ4n) is 5.24. The van der Waals surface area contributed by atoms with Crippen LogP contribution in [0.2, 0.25) is 0 Å². The van der Waals surface area contributed by atoms with Gasteiger partial charge in [0.2, 0.25) is 0 Å². The van der Waals surface area contributed by atoms with Gasteiger partial charge in [-0.2, -0.15) is 0 Å². The van der Waals surface area contributed by atoms with Crippen molar-refractivity contribution in [3.8, 4) is 40.6 Å². The van der Waals surface area contributed by atoms with Gasteiger partial charge in [0.1, 0.15) is 23.2 Å². The molecule has 0 radical (unpaired) electrons. The number of hydrogen-bond acceptors (Lipinski definition) is 5. The molecule has 0 spiro atoms. The van der Waals surface area contributed by atoms with Crippen molar-refractivity contribution in [1.29, 1.82) is 0 Å². The summed E-state index contributed by atoms with van der Waals surface area (Å²) in [5.41, 5.74) is -1.45. The van der Waals surface area contributed by atoms with Crippen LogP contribution in [-0.4, -0.2) is 38.1 Å². The average Bonchev–Trinajstić information content (AvgIpc) is 3.10. The Labute approximate surface area is 285 Å². The Hall–Kier alpha value is -6.45.